The number of carboxylic acids is 1. The number of nitrogens with one attached hydrogen (secondary N) is 1. The molecule has 18 heavy (non-hydrogen) atoms. The molecular formula is C13H23NO4. The van der Waals surface area contributed by atoms with Gasteiger partial charge in [-0.1, -0.05) is 20.3 Å². The van der Waals surface area contributed by atoms with Crippen LogP contribution >= 0.6 is 0 Å². The SMILES string of the molecule is CC[C@H](C)[C@H](NC(=O)CCC1CCOC1)C(=O)O. The third kappa shape index (κ3) is 4.64. The van der Waals surface area contributed by atoms with Crippen molar-refractivity contribution in [3.05, 3.63) is 0 Å². The number of carboxylic acid groups (broad SMARTS) is 1. The summed E-state index contributed by atoms with van der Waals surface area (Å²) in [7, 11) is 0. The zero-order valence-electron chi connectivity index (χ0n) is 11.1. The fourth-order valence-electron chi connectivity index (χ4n) is 2.07. The zero-order chi connectivity index (χ0) is 13.5. The number of hydrogen-bond acceptors (Lipinski definition) is 3. The summed E-state index contributed by atoms with van der Waals surface area (Å²) in [6.07, 6.45) is 2.89. The molecular weight excluding hydrogens is 234 g/mol. The second-order valence-corrected chi connectivity index (χ2v) is 5.04. The van der Waals surface area contributed by atoms with E-state index < -0.39 is 12.0 Å². The van der Waals surface area contributed by atoms with E-state index in [-0.39, 0.29) is 11.8 Å². The minimum absolute atomic E-state index is 0.0544. The number of ether oxygens (including phenoxy) is 1. The molecule has 1 aliphatic heterocycles. The Bertz CT molecular complexity index is 287. The summed E-state index contributed by atoms with van der Waals surface area (Å²) in [5, 5.41) is 11.7. The summed E-state index contributed by atoms with van der Waals surface area (Å²) >= 11 is 0. The highest BCUT2D eigenvalue weighted by atomic mass is 16.5. The Balaban J connectivity index is 2.33. The molecule has 5 heteroatoms. The molecule has 1 amide bonds. The molecule has 1 rings (SSSR count). The number of aliphatic carboxylic acids is 1. The summed E-state index contributed by atoms with van der Waals surface area (Å²) in [6.45, 7) is 5.25. The van der Waals surface area contributed by atoms with Gasteiger partial charge in [-0.3, -0.25) is 4.79 Å². The molecule has 0 radical (unpaired) electrons. The van der Waals surface area contributed by atoms with Gasteiger partial charge in [-0.15, -0.1) is 0 Å². The van der Waals surface area contributed by atoms with Crippen LogP contribution in [0.1, 0.15) is 39.5 Å². The fourth-order valence-corrected chi connectivity index (χ4v) is 2.07. The van der Waals surface area contributed by atoms with E-state index >= 15 is 0 Å². The lowest BCUT2D eigenvalue weighted by Crippen LogP contribution is -2.45. The van der Waals surface area contributed by atoms with Crippen LogP contribution in [0, 0.1) is 11.8 Å². The second-order valence-electron chi connectivity index (χ2n) is 5.04. The van der Waals surface area contributed by atoms with E-state index in [1.165, 1.54) is 0 Å². The normalized spacial score (nSPS) is 22.4. The predicted octanol–water partition coefficient (Wildman–Crippen LogP) is 1.42. The molecule has 0 aromatic heterocycles. The van der Waals surface area contributed by atoms with Gasteiger partial charge < -0.3 is 15.2 Å². The summed E-state index contributed by atoms with van der Waals surface area (Å²) in [4.78, 5) is 22.8. The molecule has 1 heterocycles. The zero-order valence-corrected chi connectivity index (χ0v) is 11.1. The largest absolute Gasteiger partial charge is 0.480 e. The molecule has 2 N–H and O–H groups in total. The fraction of sp³-hybridized carbons (Fsp3) is 0.846. The molecule has 1 saturated heterocycles. The number of carbonyl (C=O) groups excluding carboxylic acids is 1. The summed E-state index contributed by atoms with van der Waals surface area (Å²) in [6, 6.07) is -0.776. The van der Waals surface area contributed by atoms with Crippen molar-refractivity contribution in [3.63, 3.8) is 0 Å². The van der Waals surface area contributed by atoms with Gasteiger partial charge in [0.1, 0.15) is 6.04 Å². The van der Waals surface area contributed by atoms with Crippen molar-refractivity contribution < 1.29 is 19.4 Å². The first-order chi connectivity index (χ1) is 8.54. The third-order valence-corrected chi connectivity index (χ3v) is 3.60. The van der Waals surface area contributed by atoms with Crippen LogP contribution < -0.4 is 5.32 Å². The molecule has 0 aromatic rings. The average molecular weight is 257 g/mol. The molecule has 1 unspecified atom stereocenters. The van der Waals surface area contributed by atoms with Gasteiger partial charge in [0.2, 0.25) is 5.91 Å². The van der Waals surface area contributed by atoms with Gasteiger partial charge in [0.15, 0.2) is 0 Å². The summed E-state index contributed by atoms with van der Waals surface area (Å²) in [5.74, 6) is -0.736. The van der Waals surface area contributed by atoms with E-state index in [1.807, 2.05) is 13.8 Å². The highest BCUT2D eigenvalue weighted by Gasteiger charge is 2.25. The van der Waals surface area contributed by atoms with Crippen molar-refractivity contribution in [3.8, 4) is 0 Å². The second kappa shape index (κ2) is 7.36. The summed E-state index contributed by atoms with van der Waals surface area (Å²) in [5.41, 5.74) is 0. The van der Waals surface area contributed by atoms with Crippen molar-refractivity contribution in [2.24, 2.45) is 11.8 Å². The van der Waals surface area contributed by atoms with Gasteiger partial charge >= 0.3 is 5.97 Å². The molecule has 0 bridgehead atoms. The van der Waals surface area contributed by atoms with Crippen LogP contribution in [0.4, 0.5) is 0 Å². The molecule has 1 fully saturated rings. The molecule has 0 saturated carbocycles. The Morgan fingerprint density at radius 1 is 1.50 bits per heavy atom. The number of hydrogen-bond donors (Lipinski definition) is 2. The van der Waals surface area contributed by atoms with E-state index in [4.69, 9.17) is 9.84 Å². The third-order valence-electron chi connectivity index (χ3n) is 3.60. The number of carbonyl (C=O) groups is 2. The van der Waals surface area contributed by atoms with Gasteiger partial charge in [0, 0.05) is 19.6 Å². The van der Waals surface area contributed by atoms with E-state index in [0.29, 0.717) is 12.3 Å². The van der Waals surface area contributed by atoms with Gasteiger partial charge in [0.05, 0.1) is 0 Å². The Morgan fingerprint density at radius 3 is 2.72 bits per heavy atom. The van der Waals surface area contributed by atoms with Crippen molar-refractivity contribution >= 4 is 11.9 Å². The maximum Gasteiger partial charge on any atom is 0.326 e. The van der Waals surface area contributed by atoms with Crippen LogP contribution in [0.2, 0.25) is 0 Å². The predicted molar refractivity (Wildman–Crippen MR) is 67.2 cm³/mol. The molecule has 5 nitrogen and oxygen atoms in total. The van der Waals surface area contributed by atoms with Crippen LogP contribution in [-0.4, -0.2) is 36.2 Å². The minimum atomic E-state index is -0.957. The van der Waals surface area contributed by atoms with Gasteiger partial charge in [-0.25, -0.2) is 4.79 Å². The topological polar surface area (TPSA) is 75.6 Å². The lowest BCUT2D eigenvalue weighted by molar-refractivity contribution is -0.143. The Labute approximate surface area is 108 Å². The minimum Gasteiger partial charge on any atom is -0.480 e. The molecule has 1 aliphatic rings. The Kier molecular flexibility index (Phi) is 6.12. The number of amides is 1. The molecule has 0 spiro atoms. The summed E-state index contributed by atoms with van der Waals surface area (Å²) < 4.78 is 5.24. The van der Waals surface area contributed by atoms with Crippen LogP contribution in [0.3, 0.4) is 0 Å². The molecule has 3 atom stereocenters. The van der Waals surface area contributed by atoms with E-state index in [2.05, 4.69) is 5.32 Å². The maximum absolute atomic E-state index is 11.7. The van der Waals surface area contributed by atoms with Crippen LogP contribution in [0.15, 0.2) is 0 Å². The smallest absolute Gasteiger partial charge is 0.326 e. The van der Waals surface area contributed by atoms with E-state index in [9.17, 15) is 9.59 Å². The Hall–Kier alpha value is -1.10. The molecule has 0 aliphatic carbocycles. The van der Waals surface area contributed by atoms with Crippen LogP contribution in [-0.2, 0) is 14.3 Å². The van der Waals surface area contributed by atoms with Crippen molar-refractivity contribution in [2.75, 3.05) is 13.2 Å². The highest BCUT2D eigenvalue weighted by Crippen LogP contribution is 2.18. The maximum atomic E-state index is 11.7. The lowest BCUT2D eigenvalue weighted by Gasteiger charge is -2.20. The highest BCUT2D eigenvalue weighted by molar-refractivity contribution is 5.83. The van der Waals surface area contributed by atoms with Gasteiger partial charge in [-0.05, 0) is 24.7 Å². The first-order valence-corrected chi connectivity index (χ1v) is 6.64. The first kappa shape index (κ1) is 15.0. The van der Waals surface area contributed by atoms with E-state index in [0.717, 1.165) is 32.5 Å². The van der Waals surface area contributed by atoms with Gasteiger partial charge in [-0.2, -0.15) is 0 Å². The average Bonchev–Trinajstić information content (AvgIpc) is 2.85. The van der Waals surface area contributed by atoms with Crippen LogP contribution in [0.5, 0.6) is 0 Å². The monoisotopic (exact) mass is 257 g/mol. The van der Waals surface area contributed by atoms with Gasteiger partial charge in [0.25, 0.3) is 0 Å². The lowest BCUT2D eigenvalue weighted by atomic mass is 9.98. The van der Waals surface area contributed by atoms with Crippen molar-refractivity contribution in [2.45, 2.75) is 45.6 Å². The molecule has 104 valence electrons. The van der Waals surface area contributed by atoms with Crippen molar-refractivity contribution in [1.29, 1.82) is 0 Å². The Morgan fingerprint density at radius 2 is 2.22 bits per heavy atom. The van der Waals surface area contributed by atoms with Crippen molar-refractivity contribution in [1.82, 2.24) is 5.32 Å². The van der Waals surface area contributed by atoms with Crippen LogP contribution in [0.25, 0.3) is 0 Å². The quantitative estimate of drug-likeness (QED) is 0.723. The standard InChI is InChI=1S/C13H23NO4/c1-3-9(2)12(13(16)17)14-11(15)5-4-10-6-7-18-8-10/h9-10,12H,3-8H2,1-2H3,(H,14,15)(H,16,17)/t9-,10?,12-/m0/s1. The van der Waals surface area contributed by atoms with E-state index in [1.54, 1.807) is 0 Å². The first-order valence-electron chi connectivity index (χ1n) is 6.64. The number of rotatable bonds is 7. The molecule has 0 aromatic carbocycles.